The van der Waals surface area contributed by atoms with E-state index in [1.54, 1.807) is 0 Å². The zero-order chi connectivity index (χ0) is 8.10. The molecule has 11 heavy (non-hydrogen) atoms. The highest BCUT2D eigenvalue weighted by molar-refractivity contribution is 9.09. The SMILES string of the molecule is CC(Br)OCc1ccccc1. The Labute approximate surface area is 75.5 Å². The van der Waals surface area contributed by atoms with Crippen LogP contribution in [-0.4, -0.2) is 5.01 Å². The zero-order valence-electron chi connectivity index (χ0n) is 6.46. The second-order valence-electron chi connectivity index (χ2n) is 2.34. The van der Waals surface area contributed by atoms with Crippen molar-refractivity contribution in [1.82, 2.24) is 0 Å². The maximum absolute atomic E-state index is 5.34. The summed E-state index contributed by atoms with van der Waals surface area (Å²) in [5.41, 5.74) is 1.21. The van der Waals surface area contributed by atoms with E-state index in [9.17, 15) is 0 Å². The molecule has 2 heteroatoms. The van der Waals surface area contributed by atoms with Gasteiger partial charge in [-0.05, 0) is 12.5 Å². The van der Waals surface area contributed by atoms with Gasteiger partial charge in [-0.3, -0.25) is 0 Å². The molecule has 0 bridgehead atoms. The molecular weight excluding hydrogens is 204 g/mol. The van der Waals surface area contributed by atoms with Crippen LogP contribution in [0.3, 0.4) is 0 Å². The van der Waals surface area contributed by atoms with Crippen LogP contribution in [0.25, 0.3) is 0 Å². The molecule has 0 aromatic heterocycles. The van der Waals surface area contributed by atoms with E-state index in [1.807, 2.05) is 25.1 Å². The third-order valence-electron chi connectivity index (χ3n) is 1.32. The summed E-state index contributed by atoms with van der Waals surface area (Å²) in [6, 6.07) is 10.1. The van der Waals surface area contributed by atoms with Crippen LogP contribution in [0.5, 0.6) is 0 Å². The monoisotopic (exact) mass is 214 g/mol. The van der Waals surface area contributed by atoms with Gasteiger partial charge in [-0.2, -0.15) is 0 Å². The van der Waals surface area contributed by atoms with Crippen LogP contribution >= 0.6 is 15.9 Å². The predicted molar refractivity (Wildman–Crippen MR) is 49.6 cm³/mol. The minimum atomic E-state index is 0.128. The number of hydrogen-bond donors (Lipinski definition) is 0. The fourth-order valence-corrected chi connectivity index (χ4v) is 0.917. The molecule has 0 amide bonds. The van der Waals surface area contributed by atoms with Crippen LogP contribution in [0.15, 0.2) is 30.3 Å². The summed E-state index contributed by atoms with van der Waals surface area (Å²) in [5.74, 6) is 0. The smallest absolute Gasteiger partial charge is 0.110 e. The van der Waals surface area contributed by atoms with Crippen molar-refractivity contribution in [2.45, 2.75) is 18.5 Å². The lowest BCUT2D eigenvalue weighted by atomic mass is 10.2. The second-order valence-corrected chi connectivity index (χ2v) is 3.63. The lowest BCUT2D eigenvalue weighted by Crippen LogP contribution is -1.98. The predicted octanol–water partition coefficient (Wildman–Crippen LogP) is 2.94. The maximum Gasteiger partial charge on any atom is 0.110 e. The molecule has 0 N–H and O–H groups in total. The van der Waals surface area contributed by atoms with Gasteiger partial charge in [0.05, 0.1) is 6.61 Å². The quantitative estimate of drug-likeness (QED) is 0.704. The number of benzene rings is 1. The number of hydrogen-bond acceptors (Lipinski definition) is 1. The van der Waals surface area contributed by atoms with Crippen molar-refractivity contribution in [3.8, 4) is 0 Å². The molecule has 0 aliphatic carbocycles. The van der Waals surface area contributed by atoms with Crippen LogP contribution in [0.2, 0.25) is 0 Å². The summed E-state index contributed by atoms with van der Waals surface area (Å²) >= 11 is 3.31. The summed E-state index contributed by atoms with van der Waals surface area (Å²) in [5, 5.41) is 0.128. The second kappa shape index (κ2) is 4.52. The van der Waals surface area contributed by atoms with Gasteiger partial charge in [-0.1, -0.05) is 46.3 Å². The zero-order valence-corrected chi connectivity index (χ0v) is 8.04. The van der Waals surface area contributed by atoms with E-state index in [-0.39, 0.29) is 5.01 Å². The summed E-state index contributed by atoms with van der Waals surface area (Å²) in [6.07, 6.45) is 0. The number of rotatable bonds is 3. The van der Waals surface area contributed by atoms with Gasteiger partial charge in [-0.15, -0.1) is 0 Å². The van der Waals surface area contributed by atoms with Crippen molar-refractivity contribution in [3.63, 3.8) is 0 Å². The molecule has 1 rings (SSSR count). The van der Waals surface area contributed by atoms with Crippen LogP contribution in [-0.2, 0) is 11.3 Å². The average molecular weight is 215 g/mol. The van der Waals surface area contributed by atoms with Crippen molar-refractivity contribution in [1.29, 1.82) is 0 Å². The summed E-state index contributed by atoms with van der Waals surface area (Å²) < 4.78 is 5.34. The van der Waals surface area contributed by atoms with E-state index in [2.05, 4.69) is 28.1 Å². The van der Waals surface area contributed by atoms with Gasteiger partial charge < -0.3 is 4.74 Å². The molecule has 1 aromatic carbocycles. The van der Waals surface area contributed by atoms with Crippen molar-refractivity contribution >= 4 is 15.9 Å². The number of alkyl halides is 1. The molecule has 1 unspecified atom stereocenters. The lowest BCUT2D eigenvalue weighted by molar-refractivity contribution is 0.115. The summed E-state index contributed by atoms with van der Waals surface area (Å²) in [6.45, 7) is 2.64. The normalized spacial score (nSPS) is 12.9. The van der Waals surface area contributed by atoms with Gasteiger partial charge in [0, 0.05) is 0 Å². The van der Waals surface area contributed by atoms with Gasteiger partial charge in [0.15, 0.2) is 0 Å². The Morgan fingerprint density at radius 1 is 1.36 bits per heavy atom. The van der Waals surface area contributed by atoms with Crippen molar-refractivity contribution in [2.75, 3.05) is 0 Å². The van der Waals surface area contributed by atoms with Crippen molar-refractivity contribution < 1.29 is 4.74 Å². The van der Waals surface area contributed by atoms with Gasteiger partial charge in [0.25, 0.3) is 0 Å². The van der Waals surface area contributed by atoms with Crippen LogP contribution in [0.4, 0.5) is 0 Å². The van der Waals surface area contributed by atoms with Gasteiger partial charge in [-0.25, -0.2) is 0 Å². The lowest BCUT2D eigenvalue weighted by Gasteiger charge is -2.04. The fourth-order valence-electron chi connectivity index (χ4n) is 0.785. The molecule has 1 nitrogen and oxygen atoms in total. The Balaban J connectivity index is 2.39. The summed E-state index contributed by atoms with van der Waals surface area (Å²) in [7, 11) is 0. The van der Waals surface area contributed by atoms with Crippen LogP contribution < -0.4 is 0 Å². The first-order valence-electron chi connectivity index (χ1n) is 3.58. The average Bonchev–Trinajstić information content (AvgIpc) is 2.03. The molecule has 0 radical (unpaired) electrons. The molecule has 0 saturated carbocycles. The number of halogens is 1. The van der Waals surface area contributed by atoms with E-state index in [0.29, 0.717) is 6.61 Å². The van der Waals surface area contributed by atoms with Crippen molar-refractivity contribution in [2.24, 2.45) is 0 Å². The maximum atomic E-state index is 5.34. The minimum Gasteiger partial charge on any atom is -0.363 e. The highest BCUT2D eigenvalue weighted by Gasteiger charge is 1.94. The molecule has 0 spiro atoms. The Morgan fingerprint density at radius 2 is 2.00 bits per heavy atom. The molecule has 1 atom stereocenters. The minimum absolute atomic E-state index is 0.128. The highest BCUT2D eigenvalue weighted by atomic mass is 79.9. The molecule has 0 fully saturated rings. The third-order valence-corrected chi connectivity index (χ3v) is 1.59. The molecule has 0 aliphatic rings. The Hall–Kier alpha value is -0.340. The first-order valence-corrected chi connectivity index (χ1v) is 4.50. The first-order chi connectivity index (χ1) is 5.29. The third kappa shape index (κ3) is 3.54. The Morgan fingerprint density at radius 3 is 2.55 bits per heavy atom. The Kier molecular flexibility index (Phi) is 3.60. The highest BCUT2D eigenvalue weighted by Crippen LogP contribution is 2.06. The largest absolute Gasteiger partial charge is 0.363 e. The van der Waals surface area contributed by atoms with Gasteiger partial charge >= 0.3 is 0 Å². The van der Waals surface area contributed by atoms with Crippen LogP contribution in [0, 0.1) is 0 Å². The van der Waals surface area contributed by atoms with E-state index in [4.69, 9.17) is 4.74 Å². The molecule has 0 aliphatic heterocycles. The topological polar surface area (TPSA) is 9.23 Å². The van der Waals surface area contributed by atoms with Crippen LogP contribution in [0.1, 0.15) is 12.5 Å². The van der Waals surface area contributed by atoms with E-state index in [0.717, 1.165) is 0 Å². The summed E-state index contributed by atoms with van der Waals surface area (Å²) in [4.78, 5) is 0. The standard InChI is InChI=1S/C9H11BrO/c1-8(10)11-7-9-5-3-2-4-6-9/h2-6,8H,7H2,1H3. The number of ether oxygens (including phenoxy) is 1. The van der Waals surface area contributed by atoms with Gasteiger partial charge in [0.2, 0.25) is 0 Å². The molecule has 1 aromatic rings. The Bertz CT molecular complexity index is 196. The molecule has 60 valence electrons. The molecule has 0 saturated heterocycles. The van der Waals surface area contributed by atoms with Gasteiger partial charge in [0.1, 0.15) is 5.01 Å². The van der Waals surface area contributed by atoms with E-state index >= 15 is 0 Å². The van der Waals surface area contributed by atoms with Crippen molar-refractivity contribution in [3.05, 3.63) is 35.9 Å². The molecule has 0 heterocycles. The fraction of sp³-hybridized carbons (Fsp3) is 0.333. The van der Waals surface area contributed by atoms with E-state index < -0.39 is 0 Å². The first kappa shape index (κ1) is 8.75. The molecular formula is C9H11BrO. The van der Waals surface area contributed by atoms with E-state index in [1.165, 1.54) is 5.56 Å².